The number of likely N-dealkylation sites (N-methyl/N-ethyl adjacent to an activating group) is 1. The SMILES string of the molecule is COc1c(CN2O[C@@H](CN)[C@@H]([C@H](C)O)[C@H]2C(=O)N[C@H]2C[C@H]3C[C@H]([C@@H]2C)C3(C)C)cccc1-c1cc(C(=O)N[C@@H](Cc2cscn2)C(=O)N(C)C)cc(N(C)C)c1. The maximum atomic E-state index is 14.3. The molecule has 2 heterocycles. The molecular weight excluding hydrogens is 731 g/mol. The highest BCUT2D eigenvalue weighted by molar-refractivity contribution is 7.07. The molecule has 0 spiro atoms. The smallest absolute Gasteiger partial charge is 0.252 e. The number of benzene rings is 2. The van der Waals surface area contributed by atoms with Gasteiger partial charge < -0.3 is 36.0 Å². The van der Waals surface area contributed by atoms with Gasteiger partial charge in [0.2, 0.25) is 11.8 Å². The molecule has 4 fully saturated rings. The molecule has 3 amide bonds. The Kier molecular flexibility index (Phi) is 12.5. The van der Waals surface area contributed by atoms with Crippen molar-refractivity contribution in [1.82, 2.24) is 25.6 Å². The summed E-state index contributed by atoms with van der Waals surface area (Å²) in [4.78, 5) is 55.5. The minimum absolute atomic E-state index is 0.0459. The summed E-state index contributed by atoms with van der Waals surface area (Å²) in [5, 5.41) is 20.9. The molecule has 304 valence electrons. The first-order valence-corrected chi connectivity index (χ1v) is 20.5. The number of rotatable bonds is 14. The van der Waals surface area contributed by atoms with Crippen LogP contribution in [0.2, 0.25) is 0 Å². The van der Waals surface area contributed by atoms with Gasteiger partial charge in [-0.05, 0) is 66.7 Å². The minimum Gasteiger partial charge on any atom is -0.496 e. The molecule has 3 aliphatic carbocycles. The Morgan fingerprint density at radius 3 is 2.50 bits per heavy atom. The summed E-state index contributed by atoms with van der Waals surface area (Å²) in [7, 11) is 8.71. The Bertz CT molecular complexity index is 1880. The molecular formula is C42H59N7O6S. The van der Waals surface area contributed by atoms with Crippen molar-refractivity contribution >= 4 is 34.7 Å². The number of nitrogens with two attached hydrogens (primary N) is 1. The number of nitrogens with zero attached hydrogens (tertiary/aromatic N) is 4. The van der Waals surface area contributed by atoms with Crippen molar-refractivity contribution in [3.8, 4) is 16.9 Å². The van der Waals surface area contributed by atoms with Gasteiger partial charge >= 0.3 is 0 Å². The van der Waals surface area contributed by atoms with E-state index in [2.05, 4.69) is 36.4 Å². The maximum Gasteiger partial charge on any atom is 0.252 e. The van der Waals surface area contributed by atoms with Crippen molar-refractivity contribution in [2.45, 2.75) is 83.8 Å². The van der Waals surface area contributed by atoms with Crippen LogP contribution in [0.5, 0.6) is 5.75 Å². The second-order valence-electron chi connectivity index (χ2n) is 16.9. The summed E-state index contributed by atoms with van der Waals surface area (Å²) in [6.07, 6.45) is 0.992. The first-order chi connectivity index (χ1) is 26.5. The molecule has 1 aliphatic heterocycles. The minimum atomic E-state index is -0.846. The first kappa shape index (κ1) is 41.6. The predicted molar refractivity (Wildman–Crippen MR) is 218 cm³/mol. The van der Waals surface area contributed by atoms with Crippen molar-refractivity contribution in [3.63, 3.8) is 0 Å². The van der Waals surface area contributed by atoms with Crippen LogP contribution in [0, 0.1) is 29.1 Å². The van der Waals surface area contributed by atoms with Crippen LogP contribution in [0.25, 0.3) is 11.1 Å². The fourth-order valence-electron chi connectivity index (χ4n) is 9.33. The number of para-hydroxylation sites is 1. The van der Waals surface area contributed by atoms with Gasteiger partial charge in [-0.15, -0.1) is 11.3 Å². The van der Waals surface area contributed by atoms with Crippen LogP contribution >= 0.6 is 11.3 Å². The highest BCUT2D eigenvalue weighted by Gasteiger charge is 2.57. The van der Waals surface area contributed by atoms with Crippen LogP contribution in [0.1, 0.15) is 62.2 Å². The monoisotopic (exact) mass is 789 g/mol. The zero-order valence-electron chi connectivity index (χ0n) is 34.1. The van der Waals surface area contributed by atoms with Crippen LogP contribution < -0.4 is 26.0 Å². The second kappa shape index (κ2) is 16.8. The number of aliphatic hydroxyl groups excluding tert-OH is 1. The van der Waals surface area contributed by atoms with Gasteiger partial charge in [-0.3, -0.25) is 19.2 Å². The lowest BCUT2D eigenvalue weighted by molar-refractivity contribution is -0.175. The first-order valence-electron chi connectivity index (χ1n) is 19.5. The average molecular weight is 790 g/mol. The van der Waals surface area contributed by atoms with Gasteiger partial charge in [-0.1, -0.05) is 39.0 Å². The Morgan fingerprint density at radius 1 is 1.16 bits per heavy atom. The number of ether oxygens (including phenoxy) is 1. The molecule has 7 rings (SSSR count). The number of hydroxylamine groups is 2. The van der Waals surface area contributed by atoms with E-state index in [0.29, 0.717) is 29.1 Å². The zero-order valence-corrected chi connectivity index (χ0v) is 34.9. The Balaban J connectivity index is 1.29. The van der Waals surface area contributed by atoms with E-state index in [-0.39, 0.29) is 42.8 Å². The number of carbonyl (C=O) groups excluding carboxylic acids is 3. The Morgan fingerprint density at radius 2 is 1.91 bits per heavy atom. The van der Waals surface area contributed by atoms with E-state index in [0.717, 1.165) is 34.5 Å². The fraction of sp³-hybridized carbons (Fsp3) is 0.571. The molecule has 1 saturated heterocycles. The topological polar surface area (TPSA) is 163 Å². The lowest BCUT2D eigenvalue weighted by Gasteiger charge is -2.62. The number of nitrogens with one attached hydrogen (secondary N) is 2. The molecule has 0 unspecified atom stereocenters. The van der Waals surface area contributed by atoms with Crippen molar-refractivity contribution in [2.24, 2.45) is 34.8 Å². The molecule has 9 atom stereocenters. The van der Waals surface area contributed by atoms with E-state index >= 15 is 0 Å². The molecule has 14 heteroatoms. The number of fused-ring (bicyclic) bond motifs is 2. The highest BCUT2D eigenvalue weighted by Crippen LogP contribution is 2.61. The number of thiazole rings is 1. The number of hydrogen-bond donors (Lipinski definition) is 4. The molecule has 5 N–H and O–H groups in total. The van der Waals surface area contributed by atoms with E-state index in [9.17, 15) is 19.5 Å². The zero-order chi connectivity index (χ0) is 40.6. The van der Waals surface area contributed by atoms with Crippen LogP contribution in [0.3, 0.4) is 0 Å². The molecule has 2 aromatic carbocycles. The van der Waals surface area contributed by atoms with E-state index in [1.807, 2.05) is 48.6 Å². The molecule has 0 radical (unpaired) electrons. The Labute approximate surface area is 334 Å². The number of aliphatic hydroxyl groups is 1. The van der Waals surface area contributed by atoms with Crippen molar-refractivity contribution in [2.75, 3.05) is 46.7 Å². The highest BCUT2D eigenvalue weighted by atomic mass is 32.1. The third-order valence-electron chi connectivity index (χ3n) is 12.7. The third-order valence-corrected chi connectivity index (χ3v) is 13.3. The van der Waals surface area contributed by atoms with Gasteiger partial charge in [0.25, 0.3) is 5.91 Å². The maximum absolute atomic E-state index is 14.3. The molecule has 4 aliphatic rings. The number of anilines is 1. The summed E-state index contributed by atoms with van der Waals surface area (Å²) < 4.78 is 6.09. The lowest BCUT2D eigenvalue weighted by Crippen LogP contribution is -2.62. The molecule has 13 nitrogen and oxygen atoms in total. The summed E-state index contributed by atoms with van der Waals surface area (Å²) in [6.45, 7) is 8.92. The van der Waals surface area contributed by atoms with E-state index in [4.69, 9.17) is 15.3 Å². The van der Waals surface area contributed by atoms with Crippen molar-refractivity contribution < 1.29 is 29.1 Å². The van der Waals surface area contributed by atoms with E-state index in [1.165, 1.54) is 22.7 Å². The normalized spacial score (nSPS) is 26.4. The van der Waals surface area contributed by atoms with Crippen LogP contribution in [0.15, 0.2) is 47.3 Å². The van der Waals surface area contributed by atoms with Gasteiger partial charge in [-0.25, -0.2) is 4.98 Å². The summed E-state index contributed by atoms with van der Waals surface area (Å²) in [5.74, 6) is 0.669. The third kappa shape index (κ3) is 8.17. The fourth-order valence-corrected chi connectivity index (χ4v) is 9.90. The average Bonchev–Trinajstić information content (AvgIpc) is 3.82. The van der Waals surface area contributed by atoms with E-state index < -0.39 is 36.1 Å². The van der Waals surface area contributed by atoms with Crippen LogP contribution in [-0.2, 0) is 27.4 Å². The van der Waals surface area contributed by atoms with Gasteiger partial charge in [0.15, 0.2) is 0 Å². The standard InChI is InChI=1S/C42H59N7O6S/c1-23-32-16-28(42(32,3)4)17-33(23)45-40(52)37-36(24(2)50)35(19-43)55-49(37)20-25-11-10-12-31(38(25)54-9)26-13-27(15-30(14-26)47(5)6)39(51)46-34(41(53)48(7)8)18-29-21-56-22-44-29/h10-15,21-24,28,32-37,50H,16-20,43H2,1-9H3,(H,45,52)(H,46,51)/t23-,24-,28+,32+,33-,34-,35-,36+,37-/m0/s1. The van der Waals surface area contributed by atoms with Gasteiger partial charge in [-0.2, -0.15) is 5.06 Å². The molecule has 3 aromatic rings. The van der Waals surface area contributed by atoms with Crippen LogP contribution in [0.4, 0.5) is 5.69 Å². The number of amides is 3. The lowest BCUT2D eigenvalue weighted by atomic mass is 9.45. The summed E-state index contributed by atoms with van der Waals surface area (Å²) >= 11 is 1.43. The quantitative estimate of drug-likeness (QED) is 0.188. The Hall–Kier alpha value is -4.08. The van der Waals surface area contributed by atoms with Gasteiger partial charge in [0.1, 0.15) is 17.8 Å². The number of carbonyl (C=O) groups is 3. The van der Waals surface area contributed by atoms with Crippen molar-refractivity contribution in [1.29, 1.82) is 0 Å². The second-order valence-corrected chi connectivity index (χ2v) is 17.6. The molecule has 1 aromatic heterocycles. The number of hydrogen-bond acceptors (Lipinski definition) is 11. The summed E-state index contributed by atoms with van der Waals surface area (Å²) in [6, 6.07) is 9.76. The van der Waals surface area contributed by atoms with E-state index in [1.54, 1.807) is 50.8 Å². The predicted octanol–water partition coefficient (Wildman–Crippen LogP) is 3.94. The number of aromatic nitrogens is 1. The largest absolute Gasteiger partial charge is 0.496 e. The van der Waals surface area contributed by atoms with Gasteiger partial charge in [0.05, 0.1) is 37.1 Å². The van der Waals surface area contributed by atoms with Crippen LogP contribution in [-0.4, -0.2) is 110 Å². The summed E-state index contributed by atoms with van der Waals surface area (Å²) in [5.41, 5.74) is 12.2. The number of methoxy groups -OCH3 is 1. The molecule has 2 bridgehead atoms. The molecule has 3 saturated carbocycles. The van der Waals surface area contributed by atoms with Gasteiger partial charge in [0, 0.05) is 80.9 Å². The molecule has 56 heavy (non-hydrogen) atoms. The van der Waals surface area contributed by atoms with Crippen molar-refractivity contribution in [3.05, 3.63) is 64.1 Å².